The van der Waals surface area contributed by atoms with E-state index in [2.05, 4.69) is 5.32 Å². The van der Waals surface area contributed by atoms with E-state index >= 15 is 0 Å². The Bertz CT molecular complexity index is 977. The van der Waals surface area contributed by atoms with E-state index in [1.807, 2.05) is 0 Å². The van der Waals surface area contributed by atoms with Crippen molar-refractivity contribution in [3.8, 4) is 16.9 Å². The Morgan fingerprint density at radius 3 is 2.56 bits per heavy atom. The predicted molar refractivity (Wildman–Crippen MR) is 95.3 cm³/mol. The topological polar surface area (TPSA) is 86.6 Å². The SMILES string of the molecule is Cc1ccc(-c2csc(NC(=O)c3sccc3O)c2C(=O)O)cc1F. The first-order valence-electron chi connectivity index (χ1n) is 7.07. The van der Waals surface area contributed by atoms with Crippen LogP contribution in [0, 0.1) is 12.7 Å². The highest BCUT2D eigenvalue weighted by atomic mass is 32.1. The summed E-state index contributed by atoms with van der Waals surface area (Å²) in [5.41, 5.74) is 1.08. The van der Waals surface area contributed by atoms with Gasteiger partial charge in [-0.3, -0.25) is 4.79 Å². The van der Waals surface area contributed by atoms with Gasteiger partial charge in [0.2, 0.25) is 0 Å². The van der Waals surface area contributed by atoms with Gasteiger partial charge in [-0.2, -0.15) is 0 Å². The molecule has 128 valence electrons. The fourth-order valence-electron chi connectivity index (χ4n) is 2.27. The zero-order chi connectivity index (χ0) is 18.1. The van der Waals surface area contributed by atoms with Crippen molar-refractivity contribution < 1.29 is 24.2 Å². The molecule has 0 aliphatic carbocycles. The average Bonchev–Trinajstić information content (AvgIpc) is 3.16. The summed E-state index contributed by atoms with van der Waals surface area (Å²) in [4.78, 5) is 24.0. The molecule has 2 aromatic heterocycles. The van der Waals surface area contributed by atoms with Crippen LogP contribution in [0.5, 0.6) is 5.75 Å². The van der Waals surface area contributed by atoms with Gasteiger partial charge >= 0.3 is 5.97 Å². The number of carbonyl (C=O) groups excluding carboxylic acids is 1. The monoisotopic (exact) mass is 377 g/mol. The molecule has 0 aliphatic rings. The highest BCUT2D eigenvalue weighted by Gasteiger charge is 2.23. The third-order valence-electron chi connectivity index (χ3n) is 3.57. The normalized spacial score (nSPS) is 10.6. The molecule has 0 fully saturated rings. The van der Waals surface area contributed by atoms with Crippen molar-refractivity contribution in [2.75, 3.05) is 5.32 Å². The first-order valence-corrected chi connectivity index (χ1v) is 8.83. The number of rotatable bonds is 4. The number of halogens is 1. The van der Waals surface area contributed by atoms with Crippen molar-refractivity contribution >= 4 is 39.6 Å². The summed E-state index contributed by atoms with van der Waals surface area (Å²) in [6, 6.07) is 5.84. The van der Waals surface area contributed by atoms with Crippen molar-refractivity contribution in [1.82, 2.24) is 0 Å². The molecule has 5 nitrogen and oxygen atoms in total. The van der Waals surface area contributed by atoms with Crippen LogP contribution >= 0.6 is 22.7 Å². The van der Waals surface area contributed by atoms with Crippen LogP contribution in [0.1, 0.15) is 25.6 Å². The van der Waals surface area contributed by atoms with E-state index in [-0.39, 0.29) is 21.2 Å². The molecule has 0 spiro atoms. The fraction of sp³-hybridized carbons (Fsp3) is 0.0588. The Morgan fingerprint density at radius 1 is 1.20 bits per heavy atom. The maximum atomic E-state index is 13.8. The summed E-state index contributed by atoms with van der Waals surface area (Å²) in [5, 5.41) is 24.9. The smallest absolute Gasteiger partial charge is 0.339 e. The highest BCUT2D eigenvalue weighted by Crippen LogP contribution is 2.37. The molecule has 2 heterocycles. The number of hydrogen-bond acceptors (Lipinski definition) is 5. The zero-order valence-electron chi connectivity index (χ0n) is 12.9. The van der Waals surface area contributed by atoms with Crippen LogP contribution in [0.4, 0.5) is 9.39 Å². The van der Waals surface area contributed by atoms with Gasteiger partial charge in [0.05, 0.1) is 0 Å². The van der Waals surface area contributed by atoms with Gasteiger partial charge in [0.1, 0.15) is 27.0 Å². The van der Waals surface area contributed by atoms with E-state index in [0.29, 0.717) is 16.7 Å². The third-order valence-corrected chi connectivity index (χ3v) is 5.36. The minimum absolute atomic E-state index is 0.0904. The second-order valence-corrected chi connectivity index (χ2v) is 7.01. The number of hydrogen-bond donors (Lipinski definition) is 3. The van der Waals surface area contributed by atoms with E-state index in [9.17, 15) is 24.2 Å². The number of amides is 1. The number of aromatic carboxylic acids is 1. The molecular formula is C17H12FNO4S2. The summed E-state index contributed by atoms with van der Waals surface area (Å²) >= 11 is 2.07. The molecule has 1 amide bonds. The molecule has 0 aliphatic heterocycles. The molecule has 0 bridgehead atoms. The highest BCUT2D eigenvalue weighted by molar-refractivity contribution is 7.15. The van der Waals surface area contributed by atoms with E-state index in [0.717, 1.165) is 22.7 Å². The van der Waals surface area contributed by atoms with Gasteiger partial charge in [0.15, 0.2) is 0 Å². The molecule has 0 saturated heterocycles. The third kappa shape index (κ3) is 3.26. The fourth-order valence-corrected chi connectivity index (χ4v) is 3.90. The van der Waals surface area contributed by atoms with Crippen molar-refractivity contribution in [3.63, 3.8) is 0 Å². The zero-order valence-corrected chi connectivity index (χ0v) is 14.5. The number of anilines is 1. The largest absolute Gasteiger partial charge is 0.506 e. The number of nitrogens with one attached hydrogen (secondary N) is 1. The maximum absolute atomic E-state index is 13.8. The van der Waals surface area contributed by atoms with E-state index in [1.54, 1.807) is 29.8 Å². The number of carboxylic acid groups (broad SMARTS) is 1. The van der Waals surface area contributed by atoms with Crippen LogP contribution in [0.15, 0.2) is 35.0 Å². The second kappa shape index (κ2) is 6.66. The van der Waals surface area contributed by atoms with Crippen LogP contribution in [0.2, 0.25) is 0 Å². The maximum Gasteiger partial charge on any atom is 0.339 e. The van der Waals surface area contributed by atoms with Gasteiger partial charge in [-0.1, -0.05) is 12.1 Å². The molecule has 8 heteroatoms. The molecule has 0 unspecified atom stereocenters. The van der Waals surface area contributed by atoms with Gasteiger partial charge in [0, 0.05) is 10.9 Å². The first-order chi connectivity index (χ1) is 11.9. The number of benzene rings is 1. The molecule has 0 saturated carbocycles. The summed E-state index contributed by atoms with van der Waals surface area (Å²) in [6.07, 6.45) is 0. The van der Waals surface area contributed by atoms with E-state index in [4.69, 9.17) is 0 Å². The molecule has 25 heavy (non-hydrogen) atoms. The quantitative estimate of drug-likeness (QED) is 0.621. The van der Waals surface area contributed by atoms with Crippen molar-refractivity contribution in [3.05, 3.63) is 56.8 Å². The van der Waals surface area contributed by atoms with Crippen molar-refractivity contribution in [1.29, 1.82) is 0 Å². The van der Waals surface area contributed by atoms with Crippen molar-refractivity contribution in [2.24, 2.45) is 0 Å². The molecule has 3 N–H and O–H groups in total. The lowest BCUT2D eigenvalue weighted by Crippen LogP contribution is -2.12. The summed E-state index contributed by atoms with van der Waals surface area (Å²) < 4.78 is 13.8. The summed E-state index contributed by atoms with van der Waals surface area (Å²) in [6.45, 7) is 1.62. The summed E-state index contributed by atoms with van der Waals surface area (Å²) in [7, 11) is 0. The van der Waals surface area contributed by atoms with Crippen LogP contribution in [-0.2, 0) is 0 Å². The lowest BCUT2D eigenvalue weighted by Gasteiger charge is -2.06. The number of carboxylic acids is 1. The van der Waals surface area contributed by atoms with Gasteiger partial charge < -0.3 is 15.5 Å². The van der Waals surface area contributed by atoms with Crippen LogP contribution in [-0.4, -0.2) is 22.1 Å². The Labute approximate surface area is 150 Å². The average molecular weight is 377 g/mol. The Hall–Kier alpha value is -2.71. The number of aromatic hydroxyl groups is 1. The van der Waals surface area contributed by atoms with Crippen molar-refractivity contribution in [2.45, 2.75) is 6.92 Å². The van der Waals surface area contributed by atoms with Gasteiger partial charge in [-0.05, 0) is 35.6 Å². The summed E-state index contributed by atoms with van der Waals surface area (Å²) in [5.74, 6) is -2.44. The van der Waals surface area contributed by atoms with Crippen LogP contribution in [0.25, 0.3) is 11.1 Å². The Balaban J connectivity index is 2.00. The van der Waals surface area contributed by atoms with Gasteiger partial charge in [-0.15, -0.1) is 22.7 Å². The minimum Gasteiger partial charge on any atom is -0.506 e. The van der Waals surface area contributed by atoms with E-state index < -0.39 is 17.7 Å². The van der Waals surface area contributed by atoms with Crippen LogP contribution < -0.4 is 5.32 Å². The minimum atomic E-state index is -1.23. The van der Waals surface area contributed by atoms with Gasteiger partial charge in [0.25, 0.3) is 5.91 Å². The predicted octanol–water partition coefficient (Wildman–Crippen LogP) is 4.58. The first kappa shape index (κ1) is 17.1. The molecule has 1 aromatic carbocycles. The Morgan fingerprint density at radius 2 is 1.96 bits per heavy atom. The standard InChI is InChI=1S/C17H12FNO4S2/c1-8-2-3-9(6-11(8)18)10-7-25-16(13(10)17(22)23)19-15(21)14-12(20)4-5-24-14/h2-7,20H,1H3,(H,19,21)(H,22,23). The molecule has 0 radical (unpaired) electrons. The van der Waals surface area contributed by atoms with E-state index in [1.165, 1.54) is 12.1 Å². The lowest BCUT2D eigenvalue weighted by molar-refractivity contribution is 0.0699. The lowest BCUT2D eigenvalue weighted by atomic mass is 10.0. The molecular weight excluding hydrogens is 365 g/mol. The number of thiophene rings is 2. The number of aryl methyl sites for hydroxylation is 1. The Kier molecular flexibility index (Phi) is 4.56. The molecule has 3 rings (SSSR count). The van der Waals surface area contributed by atoms with Crippen LogP contribution in [0.3, 0.4) is 0 Å². The molecule has 3 aromatic rings. The molecule has 0 atom stereocenters. The van der Waals surface area contributed by atoms with Gasteiger partial charge in [-0.25, -0.2) is 9.18 Å². The number of carbonyl (C=O) groups is 2. The second-order valence-electron chi connectivity index (χ2n) is 5.21.